The van der Waals surface area contributed by atoms with E-state index in [0.717, 1.165) is 5.56 Å². The fourth-order valence-electron chi connectivity index (χ4n) is 2.92. The Hall–Kier alpha value is -3.99. The first-order valence-electron chi connectivity index (χ1n) is 9.08. The number of hydrogen-bond donors (Lipinski definition) is 0. The molecule has 0 aliphatic heterocycles. The molecule has 0 bridgehead atoms. The minimum Gasteiger partial charge on any atom is -0.452 e. The molecule has 1 aromatic heterocycles. The van der Waals surface area contributed by atoms with Crippen LogP contribution in [-0.2, 0) is 11.3 Å². The van der Waals surface area contributed by atoms with Crippen molar-refractivity contribution in [3.05, 3.63) is 114 Å². The fraction of sp³-hybridized carbons (Fsp3) is 0.0417. The van der Waals surface area contributed by atoms with Crippen molar-refractivity contribution in [3.8, 4) is 11.3 Å². The summed E-state index contributed by atoms with van der Waals surface area (Å²) in [6.45, 7) is -0.125. The highest BCUT2D eigenvalue weighted by atomic mass is 16.5. The summed E-state index contributed by atoms with van der Waals surface area (Å²) >= 11 is 0. The van der Waals surface area contributed by atoms with E-state index in [4.69, 9.17) is 9.15 Å². The molecule has 4 rings (SSSR count). The summed E-state index contributed by atoms with van der Waals surface area (Å²) < 4.78 is 11.0. The van der Waals surface area contributed by atoms with Gasteiger partial charge < -0.3 is 9.15 Å². The number of nitrogens with zero attached hydrogens (tertiary/aromatic N) is 1. The van der Waals surface area contributed by atoms with Crippen molar-refractivity contribution in [2.45, 2.75) is 6.61 Å². The second-order valence-electron chi connectivity index (χ2n) is 6.30. The molecule has 0 spiro atoms. The van der Waals surface area contributed by atoms with Crippen molar-refractivity contribution in [1.82, 2.24) is 4.98 Å². The van der Waals surface area contributed by atoms with Gasteiger partial charge in [0.25, 0.3) is 0 Å². The molecule has 3 aromatic carbocycles. The van der Waals surface area contributed by atoms with Crippen LogP contribution in [0, 0.1) is 0 Å². The molecule has 0 N–H and O–H groups in total. The smallest absolute Gasteiger partial charge is 0.339 e. The predicted molar refractivity (Wildman–Crippen MR) is 107 cm³/mol. The van der Waals surface area contributed by atoms with Gasteiger partial charge in [-0.05, 0) is 6.07 Å². The van der Waals surface area contributed by atoms with Crippen LogP contribution in [0.5, 0.6) is 0 Å². The number of ketones is 1. The van der Waals surface area contributed by atoms with Crippen LogP contribution in [0.1, 0.15) is 32.2 Å². The third-order valence-corrected chi connectivity index (χ3v) is 4.37. The third-order valence-electron chi connectivity index (χ3n) is 4.37. The Kier molecular flexibility index (Phi) is 5.29. The summed E-state index contributed by atoms with van der Waals surface area (Å²) in [6, 6.07) is 24.9. The number of hydrogen-bond acceptors (Lipinski definition) is 5. The van der Waals surface area contributed by atoms with Gasteiger partial charge in [-0.15, -0.1) is 0 Å². The van der Waals surface area contributed by atoms with Crippen LogP contribution in [0.3, 0.4) is 0 Å². The number of carbonyl (C=O) groups excluding carboxylic acids is 2. The van der Waals surface area contributed by atoms with Gasteiger partial charge in [0.1, 0.15) is 0 Å². The number of oxazole rings is 1. The Morgan fingerprint density at radius 2 is 1.41 bits per heavy atom. The van der Waals surface area contributed by atoms with Gasteiger partial charge in [-0.25, -0.2) is 9.78 Å². The molecule has 0 amide bonds. The zero-order valence-electron chi connectivity index (χ0n) is 15.4. The molecule has 1 heterocycles. The molecule has 29 heavy (non-hydrogen) atoms. The number of esters is 1. The molecule has 5 heteroatoms. The summed E-state index contributed by atoms with van der Waals surface area (Å²) in [7, 11) is 0. The van der Waals surface area contributed by atoms with Crippen molar-refractivity contribution in [1.29, 1.82) is 0 Å². The molecular formula is C24H17NO4. The molecule has 4 aromatic rings. The average Bonchev–Trinajstić information content (AvgIpc) is 3.27. The molecular weight excluding hydrogens is 366 g/mol. The third kappa shape index (κ3) is 4.14. The van der Waals surface area contributed by atoms with E-state index >= 15 is 0 Å². The van der Waals surface area contributed by atoms with E-state index < -0.39 is 5.97 Å². The Morgan fingerprint density at radius 1 is 0.793 bits per heavy atom. The minimum atomic E-state index is -0.607. The van der Waals surface area contributed by atoms with E-state index in [-0.39, 0.29) is 23.8 Å². The molecule has 0 fully saturated rings. The Bertz CT molecular complexity index is 1130. The number of carbonyl (C=O) groups is 2. The maximum Gasteiger partial charge on any atom is 0.339 e. The van der Waals surface area contributed by atoms with E-state index in [1.54, 1.807) is 54.7 Å². The second kappa shape index (κ2) is 8.35. The van der Waals surface area contributed by atoms with E-state index in [9.17, 15) is 9.59 Å². The van der Waals surface area contributed by atoms with Crippen molar-refractivity contribution in [3.63, 3.8) is 0 Å². The average molecular weight is 383 g/mol. The molecule has 0 aliphatic rings. The zero-order chi connectivity index (χ0) is 20.1. The van der Waals surface area contributed by atoms with Crippen LogP contribution in [0.15, 0.2) is 95.5 Å². The van der Waals surface area contributed by atoms with Crippen LogP contribution < -0.4 is 0 Å². The molecule has 0 saturated heterocycles. The summed E-state index contributed by atoms with van der Waals surface area (Å²) in [6.07, 6.45) is 1.59. The van der Waals surface area contributed by atoms with Gasteiger partial charge in [-0.3, -0.25) is 4.79 Å². The predicted octanol–water partition coefficient (Wildman–Crippen LogP) is 4.93. The SMILES string of the molecule is O=C(OCc1ncc(-c2ccccc2)o1)c1ccccc1C(=O)c1ccccc1. The highest BCUT2D eigenvalue weighted by Crippen LogP contribution is 2.21. The van der Waals surface area contributed by atoms with Gasteiger partial charge in [0.05, 0.1) is 11.8 Å². The molecule has 0 aliphatic carbocycles. The fourth-order valence-corrected chi connectivity index (χ4v) is 2.92. The standard InChI is InChI=1S/C24H17NO4/c26-23(18-11-5-2-6-12-18)19-13-7-8-14-20(19)24(27)28-16-22-25-15-21(29-22)17-9-3-1-4-10-17/h1-15H,16H2. The quantitative estimate of drug-likeness (QED) is 0.349. The molecule has 142 valence electrons. The first kappa shape index (κ1) is 18.4. The molecule has 0 saturated carbocycles. The summed E-state index contributed by atoms with van der Waals surface area (Å²) in [5.41, 5.74) is 1.89. The Morgan fingerprint density at radius 3 is 2.14 bits per heavy atom. The molecule has 0 radical (unpaired) electrons. The lowest BCUT2D eigenvalue weighted by molar-refractivity contribution is 0.0436. The van der Waals surface area contributed by atoms with Crippen LogP contribution in [-0.4, -0.2) is 16.7 Å². The van der Waals surface area contributed by atoms with Crippen molar-refractivity contribution < 1.29 is 18.7 Å². The van der Waals surface area contributed by atoms with E-state index in [1.807, 2.05) is 36.4 Å². The van der Waals surface area contributed by atoms with Crippen LogP contribution in [0.4, 0.5) is 0 Å². The largest absolute Gasteiger partial charge is 0.452 e. The lowest BCUT2D eigenvalue weighted by Gasteiger charge is -2.08. The topological polar surface area (TPSA) is 69.4 Å². The molecule has 5 nitrogen and oxygen atoms in total. The highest BCUT2D eigenvalue weighted by molar-refractivity contribution is 6.14. The van der Waals surface area contributed by atoms with E-state index in [2.05, 4.69) is 4.98 Å². The van der Waals surface area contributed by atoms with Crippen molar-refractivity contribution in [2.75, 3.05) is 0 Å². The first-order valence-corrected chi connectivity index (χ1v) is 9.08. The highest BCUT2D eigenvalue weighted by Gasteiger charge is 2.19. The van der Waals surface area contributed by atoms with Crippen LogP contribution >= 0.6 is 0 Å². The maximum absolute atomic E-state index is 12.8. The Balaban J connectivity index is 1.49. The van der Waals surface area contributed by atoms with Gasteiger partial charge in [0.2, 0.25) is 5.89 Å². The van der Waals surface area contributed by atoms with Crippen LogP contribution in [0.25, 0.3) is 11.3 Å². The minimum absolute atomic E-state index is 0.125. The van der Waals surface area contributed by atoms with Gasteiger partial charge in [0.15, 0.2) is 18.2 Å². The molecule has 0 unspecified atom stereocenters. The van der Waals surface area contributed by atoms with Crippen molar-refractivity contribution >= 4 is 11.8 Å². The number of aromatic nitrogens is 1. The summed E-state index contributed by atoms with van der Waals surface area (Å²) in [4.78, 5) is 29.5. The van der Waals surface area contributed by atoms with Gasteiger partial charge in [-0.2, -0.15) is 0 Å². The maximum atomic E-state index is 12.8. The van der Waals surface area contributed by atoms with Gasteiger partial charge in [-0.1, -0.05) is 78.9 Å². The lowest BCUT2D eigenvalue weighted by Crippen LogP contribution is -2.12. The number of ether oxygens (including phenoxy) is 1. The van der Waals surface area contributed by atoms with Gasteiger partial charge in [0, 0.05) is 16.7 Å². The monoisotopic (exact) mass is 383 g/mol. The van der Waals surface area contributed by atoms with Crippen molar-refractivity contribution in [2.24, 2.45) is 0 Å². The molecule has 0 atom stereocenters. The second-order valence-corrected chi connectivity index (χ2v) is 6.30. The number of benzene rings is 3. The zero-order valence-corrected chi connectivity index (χ0v) is 15.4. The van der Waals surface area contributed by atoms with Crippen LogP contribution in [0.2, 0.25) is 0 Å². The number of rotatable bonds is 6. The summed E-state index contributed by atoms with van der Waals surface area (Å²) in [5.74, 6) is 0.0327. The summed E-state index contributed by atoms with van der Waals surface area (Å²) in [5, 5.41) is 0. The lowest BCUT2D eigenvalue weighted by atomic mass is 9.98. The Labute approximate surface area is 167 Å². The van der Waals surface area contributed by atoms with E-state index in [0.29, 0.717) is 16.9 Å². The first-order chi connectivity index (χ1) is 14.2. The van der Waals surface area contributed by atoms with Gasteiger partial charge >= 0.3 is 5.97 Å². The van der Waals surface area contributed by atoms with E-state index in [1.165, 1.54) is 0 Å². The normalized spacial score (nSPS) is 10.5.